The van der Waals surface area contributed by atoms with Crippen LogP contribution in [0.3, 0.4) is 0 Å². The van der Waals surface area contributed by atoms with Crippen molar-refractivity contribution in [3.8, 4) is 0 Å². The lowest BCUT2D eigenvalue weighted by molar-refractivity contribution is 0.107. The molecule has 0 spiro atoms. The molecule has 0 amide bonds. The topological polar surface area (TPSA) is 55.8 Å². The second kappa shape index (κ2) is 31.5. The molecule has 0 heterocycles. The average molecular weight is 603 g/mol. The van der Waals surface area contributed by atoms with Crippen LogP contribution in [0.4, 0.5) is 0 Å². The highest BCUT2D eigenvalue weighted by atomic mass is 31.2. The standard InChI is InChI=1S/C36H75O4P/c1-5-9-13-17-19-23-27-31-35(29-25-21-15-11-7-3)33-39-41(37,38)40-34-36(30-26-22-16-12-8-4)32-28-24-20-18-14-10-6-2/h35-36H,5-34H2,1-4H3,(H,37,38). The van der Waals surface area contributed by atoms with Crippen LogP contribution in [0.15, 0.2) is 0 Å². The van der Waals surface area contributed by atoms with Crippen LogP contribution in [0.5, 0.6) is 0 Å². The second-order valence-corrected chi connectivity index (χ2v) is 14.5. The van der Waals surface area contributed by atoms with E-state index in [0.29, 0.717) is 25.0 Å². The summed E-state index contributed by atoms with van der Waals surface area (Å²) in [6.45, 7) is 9.75. The predicted molar refractivity (Wildman–Crippen MR) is 181 cm³/mol. The van der Waals surface area contributed by atoms with Crippen molar-refractivity contribution in [3.05, 3.63) is 0 Å². The largest absolute Gasteiger partial charge is 0.472 e. The molecule has 0 saturated carbocycles. The van der Waals surface area contributed by atoms with E-state index in [4.69, 9.17) is 9.05 Å². The first-order valence-corrected chi connectivity index (χ1v) is 20.1. The number of phosphoric acid groups is 1. The van der Waals surface area contributed by atoms with Gasteiger partial charge in [0.15, 0.2) is 0 Å². The number of phosphoric ester groups is 1. The fraction of sp³-hybridized carbons (Fsp3) is 1.00. The van der Waals surface area contributed by atoms with Crippen molar-refractivity contribution in [1.82, 2.24) is 0 Å². The van der Waals surface area contributed by atoms with Crippen LogP contribution < -0.4 is 0 Å². The van der Waals surface area contributed by atoms with Gasteiger partial charge in [-0.2, -0.15) is 0 Å². The van der Waals surface area contributed by atoms with Gasteiger partial charge in [0.05, 0.1) is 13.2 Å². The first-order chi connectivity index (χ1) is 20.0. The van der Waals surface area contributed by atoms with Crippen LogP contribution in [0.25, 0.3) is 0 Å². The van der Waals surface area contributed by atoms with E-state index >= 15 is 0 Å². The minimum atomic E-state index is -4.01. The molecule has 5 heteroatoms. The highest BCUT2D eigenvalue weighted by molar-refractivity contribution is 7.47. The normalized spacial score (nSPS) is 14.8. The minimum Gasteiger partial charge on any atom is -0.302 e. The molecule has 0 aromatic carbocycles. The molecule has 248 valence electrons. The predicted octanol–water partition coefficient (Wildman–Crippen LogP) is 13.4. The Bertz CT molecular complexity index is 512. The van der Waals surface area contributed by atoms with E-state index in [2.05, 4.69) is 27.7 Å². The molecular formula is C36H75O4P. The lowest BCUT2D eigenvalue weighted by Crippen LogP contribution is -2.13. The van der Waals surface area contributed by atoms with Crippen LogP contribution in [-0.2, 0) is 13.6 Å². The van der Waals surface area contributed by atoms with Gasteiger partial charge in [-0.1, -0.05) is 182 Å². The summed E-state index contributed by atoms with van der Waals surface area (Å²) in [5.74, 6) is 0.719. The third-order valence-corrected chi connectivity index (χ3v) is 9.76. The van der Waals surface area contributed by atoms with Gasteiger partial charge in [0, 0.05) is 0 Å². The summed E-state index contributed by atoms with van der Waals surface area (Å²) in [4.78, 5) is 10.6. The molecule has 2 atom stereocenters. The first kappa shape index (κ1) is 41.1. The zero-order valence-electron chi connectivity index (χ0n) is 28.5. The van der Waals surface area contributed by atoms with E-state index in [1.807, 2.05) is 0 Å². The Balaban J connectivity index is 4.64. The SMILES string of the molecule is CCCCCCCCCC(CCCCCCC)COP(=O)(O)OCC(CCCCCCC)CCCCCCCCC. The van der Waals surface area contributed by atoms with Crippen LogP contribution in [-0.4, -0.2) is 18.1 Å². The second-order valence-electron chi connectivity index (χ2n) is 13.0. The van der Waals surface area contributed by atoms with E-state index < -0.39 is 7.82 Å². The van der Waals surface area contributed by atoms with Gasteiger partial charge in [-0.05, 0) is 37.5 Å². The monoisotopic (exact) mass is 603 g/mol. The maximum atomic E-state index is 12.9. The van der Waals surface area contributed by atoms with Crippen LogP contribution >= 0.6 is 7.82 Å². The van der Waals surface area contributed by atoms with Gasteiger partial charge in [0.25, 0.3) is 0 Å². The Morgan fingerprint density at radius 1 is 0.415 bits per heavy atom. The van der Waals surface area contributed by atoms with E-state index in [0.717, 1.165) is 25.7 Å². The molecule has 0 aliphatic heterocycles. The summed E-state index contributed by atoms with van der Waals surface area (Å²) in [7, 11) is -4.01. The molecule has 0 aromatic heterocycles. The van der Waals surface area contributed by atoms with E-state index in [9.17, 15) is 9.46 Å². The highest BCUT2D eigenvalue weighted by Gasteiger charge is 2.25. The maximum absolute atomic E-state index is 12.9. The molecule has 0 bridgehead atoms. The zero-order valence-corrected chi connectivity index (χ0v) is 29.4. The quantitative estimate of drug-likeness (QED) is 0.0588. The number of unbranched alkanes of at least 4 members (excludes halogenated alkanes) is 20. The third-order valence-electron chi connectivity index (χ3n) is 8.81. The molecule has 1 N–H and O–H groups in total. The van der Waals surface area contributed by atoms with Gasteiger partial charge in [0.2, 0.25) is 0 Å². The molecule has 2 unspecified atom stereocenters. The van der Waals surface area contributed by atoms with E-state index in [1.54, 1.807) is 0 Å². The van der Waals surface area contributed by atoms with E-state index in [-0.39, 0.29) is 0 Å². The van der Waals surface area contributed by atoms with Gasteiger partial charge in [0.1, 0.15) is 0 Å². The Kier molecular flexibility index (Phi) is 31.6. The van der Waals surface area contributed by atoms with Gasteiger partial charge >= 0.3 is 7.82 Å². The lowest BCUT2D eigenvalue weighted by Gasteiger charge is -2.22. The lowest BCUT2D eigenvalue weighted by atomic mass is 9.95. The molecule has 0 radical (unpaired) electrons. The summed E-state index contributed by atoms with van der Waals surface area (Å²) in [6, 6.07) is 0. The Morgan fingerprint density at radius 3 is 0.878 bits per heavy atom. The fourth-order valence-electron chi connectivity index (χ4n) is 5.91. The van der Waals surface area contributed by atoms with Crippen molar-refractivity contribution in [1.29, 1.82) is 0 Å². The smallest absolute Gasteiger partial charge is 0.302 e. The van der Waals surface area contributed by atoms with Crippen molar-refractivity contribution in [2.24, 2.45) is 11.8 Å². The molecule has 41 heavy (non-hydrogen) atoms. The van der Waals surface area contributed by atoms with Crippen LogP contribution in [0, 0.1) is 11.8 Å². The van der Waals surface area contributed by atoms with E-state index in [1.165, 1.54) is 154 Å². The highest BCUT2D eigenvalue weighted by Crippen LogP contribution is 2.45. The van der Waals surface area contributed by atoms with Crippen molar-refractivity contribution in [2.75, 3.05) is 13.2 Å². The fourth-order valence-corrected chi connectivity index (χ4v) is 6.78. The van der Waals surface area contributed by atoms with Crippen molar-refractivity contribution in [3.63, 3.8) is 0 Å². The summed E-state index contributed by atoms with van der Waals surface area (Å²) >= 11 is 0. The Morgan fingerprint density at radius 2 is 0.634 bits per heavy atom. The summed E-state index contributed by atoms with van der Waals surface area (Å²) in [6.07, 6.45) is 35.2. The summed E-state index contributed by atoms with van der Waals surface area (Å²) < 4.78 is 24.2. The Labute approximate surface area is 258 Å². The Hall–Kier alpha value is 0.110. The maximum Gasteiger partial charge on any atom is 0.472 e. The molecular weight excluding hydrogens is 527 g/mol. The van der Waals surface area contributed by atoms with Crippen molar-refractivity contribution in [2.45, 2.75) is 207 Å². The van der Waals surface area contributed by atoms with Gasteiger partial charge in [-0.15, -0.1) is 0 Å². The van der Waals surface area contributed by atoms with Gasteiger partial charge in [-0.3, -0.25) is 9.05 Å². The molecule has 0 saturated heterocycles. The van der Waals surface area contributed by atoms with Crippen LogP contribution in [0.2, 0.25) is 0 Å². The molecule has 0 fully saturated rings. The van der Waals surface area contributed by atoms with Crippen molar-refractivity contribution < 1.29 is 18.5 Å². The molecule has 0 aliphatic rings. The molecule has 4 nitrogen and oxygen atoms in total. The average Bonchev–Trinajstić information content (AvgIpc) is 2.96. The van der Waals surface area contributed by atoms with Crippen molar-refractivity contribution >= 4 is 7.82 Å². The first-order valence-electron chi connectivity index (χ1n) is 18.6. The number of hydrogen-bond donors (Lipinski definition) is 1. The summed E-state index contributed by atoms with van der Waals surface area (Å²) in [5.41, 5.74) is 0. The zero-order chi connectivity index (χ0) is 30.3. The molecule has 0 aliphatic carbocycles. The number of hydrogen-bond acceptors (Lipinski definition) is 3. The van der Waals surface area contributed by atoms with Crippen LogP contribution in [0.1, 0.15) is 207 Å². The minimum absolute atomic E-state index is 0.358. The molecule has 0 aromatic rings. The van der Waals surface area contributed by atoms with Gasteiger partial charge < -0.3 is 4.89 Å². The molecule has 0 rings (SSSR count). The van der Waals surface area contributed by atoms with Gasteiger partial charge in [-0.25, -0.2) is 4.57 Å². The summed E-state index contributed by atoms with van der Waals surface area (Å²) in [5, 5.41) is 0. The third kappa shape index (κ3) is 29.9. The number of rotatable bonds is 34.